The molecule has 0 radical (unpaired) electrons. The molecule has 4 heteroatoms. The van der Waals surface area contributed by atoms with Crippen LogP contribution in [0.1, 0.15) is 43.5 Å². The van der Waals surface area contributed by atoms with E-state index in [-0.39, 0.29) is 5.78 Å². The summed E-state index contributed by atoms with van der Waals surface area (Å²) in [5.74, 6) is -0.780. The van der Waals surface area contributed by atoms with Gasteiger partial charge in [-0.25, -0.2) is 4.79 Å². The lowest BCUT2D eigenvalue weighted by Gasteiger charge is -2.18. The van der Waals surface area contributed by atoms with Crippen molar-refractivity contribution in [2.75, 3.05) is 0 Å². The smallest absolute Gasteiger partial charge is 0.339 e. The lowest BCUT2D eigenvalue weighted by Crippen LogP contribution is -2.20. The maximum atomic E-state index is 13.1. The Morgan fingerprint density at radius 3 is 1.78 bits per heavy atom. The summed E-state index contributed by atoms with van der Waals surface area (Å²) in [4.78, 5) is 25.7. The molecular weight excluding hydrogens is 404 g/mol. The molecule has 0 unspecified atom stereocenters. The number of halogens is 1. The quantitative estimate of drug-likeness (QED) is 0.382. The zero-order valence-corrected chi connectivity index (χ0v) is 16.7. The monoisotopic (exact) mass is 422 g/mol. The van der Waals surface area contributed by atoms with Crippen molar-refractivity contribution in [1.82, 2.24) is 0 Å². The molecule has 136 valence electrons. The lowest BCUT2D eigenvalue weighted by molar-refractivity contribution is 0.0280. The van der Waals surface area contributed by atoms with Crippen molar-refractivity contribution >= 4 is 27.7 Å². The van der Waals surface area contributed by atoms with Crippen LogP contribution in [0, 0.1) is 13.8 Å². The molecule has 3 aromatic rings. The third-order valence-corrected chi connectivity index (χ3v) is 4.79. The molecule has 0 fully saturated rings. The normalized spacial score (nSPS) is 11.7. The molecule has 0 spiro atoms. The molecule has 0 saturated heterocycles. The summed E-state index contributed by atoms with van der Waals surface area (Å²) in [6.45, 7) is 3.92. The maximum absolute atomic E-state index is 13.1. The van der Waals surface area contributed by atoms with Crippen LogP contribution in [0.15, 0.2) is 77.3 Å². The minimum atomic E-state index is -0.996. The Hall–Kier alpha value is -2.72. The number of aryl methyl sites for hydroxylation is 2. The van der Waals surface area contributed by atoms with Gasteiger partial charge in [0.25, 0.3) is 0 Å². The Balaban J connectivity index is 1.93. The number of hydrogen-bond donors (Lipinski definition) is 0. The topological polar surface area (TPSA) is 43.4 Å². The number of ether oxygens (including phenoxy) is 1. The maximum Gasteiger partial charge on any atom is 0.339 e. The van der Waals surface area contributed by atoms with E-state index in [9.17, 15) is 9.59 Å². The second-order valence-electron chi connectivity index (χ2n) is 6.43. The standard InChI is InChI=1S/C23H19BrO3/c1-15-3-7-17(8-4-15)21(25)22(18-9-5-16(2)6-10-18)27-23(26)19-11-13-20(24)14-12-19/h3-14,22H,1-2H3/t22-/m1/s1. The molecule has 0 N–H and O–H groups in total. The van der Waals surface area contributed by atoms with Crippen molar-refractivity contribution in [2.24, 2.45) is 0 Å². The molecule has 0 aliphatic rings. The third kappa shape index (κ3) is 4.72. The van der Waals surface area contributed by atoms with Gasteiger partial charge in [0.2, 0.25) is 5.78 Å². The van der Waals surface area contributed by atoms with E-state index in [1.165, 1.54) is 0 Å². The van der Waals surface area contributed by atoms with Crippen molar-refractivity contribution in [3.05, 3.63) is 105 Å². The molecule has 0 bridgehead atoms. The Morgan fingerprint density at radius 1 is 0.741 bits per heavy atom. The number of Topliss-reactive ketones (excluding diaryl/α,β-unsaturated/α-hetero) is 1. The Kier molecular flexibility index (Phi) is 5.87. The fraction of sp³-hybridized carbons (Fsp3) is 0.130. The van der Waals surface area contributed by atoms with Gasteiger partial charge in [-0.15, -0.1) is 0 Å². The Labute approximate surface area is 167 Å². The van der Waals surface area contributed by atoms with Crippen molar-refractivity contribution in [1.29, 1.82) is 0 Å². The summed E-state index contributed by atoms with van der Waals surface area (Å²) >= 11 is 3.34. The fourth-order valence-electron chi connectivity index (χ4n) is 2.64. The van der Waals surface area contributed by atoms with Gasteiger partial charge in [0.1, 0.15) is 0 Å². The van der Waals surface area contributed by atoms with Gasteiger partial charge in [0.05, 0.1) is 5.56 Å². The Bertz CT molecular complexity index is 942. The lowest BCUT2D eigenvalue weighted by atomic mass is 9.98. The van der Waals surface area contributed by atoms with Crippen LogP contribution < -0.4 is 0 Å². The molecule has 0 saturated carbocycles. The van der Waals surface area contributed by atoms with Crippen molar-refractivity contribution in [3.63, 3.8) is 0 Å². The predicted molar refractivity (Wildman–Crippen MR) is 109 cm³/mol. The van der Waals surface area contributed by atoms with Crippen LogP contribution in [0.2, 0.25) is 0 Å². The van der Waals surface area contributed by atoms with E-state index < -0.39 is 12.1 Å². The number of carbonyl (C=O) groups is 2. The number of ketones is 1. The van der Waals surface area contributed by atoms with Crippen molar-refractivity contribution in [3.8, 4) is 0 Å². The van der Waals surface area contributed by atoms with E-state index >= 15 is 0 Å². The second-order valence-corrected chi connectivity index (χ2v) is 7.35. The first-order chi connectivity index (χ1) is 12.9. The van der Waals surface area contributed by atoms with Gasteiger partial charge in [-0.3, -0.25) is 4.79 Å². The molecule has 1 atom stereocenters. The summed E-state index contributed by atoms with van der Waals surface area (Å²) in [7, 11) is 0. The fourth-order valence-corrected chi connectivity index (χ4v) is 2.91. The molecule has 0 aromatic heterocycles. The summed E-state index contributed by atoms with van der Waals surface area (Å²) in [6.07, 6.45) is -0.996. The second kappa shape index (κ2) is 8.31. The van der Waals surface area contributed by atoms with Gasteiger partial charge in [-0.05, 0) is 38.1 Å². The highest BCUT2D eigenvalue weighted by molar-refractivity contribution is 9.10. The zero-order valence-electron chi connectivity index (χ0n) is 15.1. The number of hydrogen-bond acceptors (Lipinski definition) is 3. The summed E-state index contributed by atoms with van der Waals surface area (Å²) in [6, 6.07) is 21.5. The average molecular weight is 423 g/mol. The van der Waals surface area contributed by atoms with Gasteiger partial charge < -0.3 is 4.74 Å². The molecule has 3 aromatic carbocycles. The largest absolute Gasteiger partial charge is 0.445 e. The number of benzene rings is 3. The Morgan fingerprint density at radius 2 is 1.22 bits per heavy atom. The summed E-state index contributed by atoms with van der Waals surface area (Å²) in [5, 5.41) is 0. The minimum absolute atomic E-state index is 0.246. The predicted octanol–water partition coefficient (Wildman–Crippen LogP) is 5.85. The molecule has 0 amide bonds. The van der Waals surface area contributed by atoms with E-state index in [0.29, 0.717) is 16.7 Å². The number of carbonyl (C=O) groups excluding carboxylic acids is 2. The van der Waals surface area contributed by atoms with Crippen LogP contribution in [0.25, 0.3) is 0 Å². The van der Waals surface area contributed by atoms with E-state index in [1.807, 2.05) is 50.2 Å². The number of rotatable bonds is 5. The molecule has 3 nitrogen and oxygen atoms in total. The number of esters is 1. The molecule has 0 aliphatic heterocycles. The van der Waals surface area contributed by atoms with Gasteiger partial charge in [0.15, 0.2) is 6.10 Å². The third-order valence-electron chi connectivity index (χ3n) is 4.26. The molecule has 3 rings (SSSR count). The van der Waals surface area contributed by atoms with Gasteiger partial charge in [-0.2, -0.15) is 0 Å². The van der Waals surface area contributed by atoms with Gasteiger partial charge >= 0.3 is 5.97 Å². The SMILES string of the molecule is Cc1ccc(C(=O)[C@H](OC(=O)c2ccc(Br)cc2)c2ccc(C)cc2)cc1. The molecular formula is C23H19BrO3. The van der Waals surface area contributed by atoms with Crippen LogP contribution in [0.3, 0.4) is 0 Å². The van der Waals surface area contributed by atoms with Crippen LogP contribution in [0.5, 0.6) is 0 Å². The van der Waals surface area contributed by atoms with E-state index in [0.717, 1.165) is 15.6 Å². The summed E-state index contributed by atoms with van der Waals surface area (Å²) < 4.78 is 6.51. The van der Waals surface area contributed by atoms with Crippen LogP contribution >= 0.6 is 15.9 Å². The van der Waals surface area contributed by atoms with Gasteiger partial charge in [0, 0.05) is 15.6 Å². The molecule has 0 aliphatic carbocycles. The first kappa shape index (κ1) is 19.1. The molecule has 27 heavy (non-hydrogen) atoms. The summed E-state index contributed by atoms with van der Waals surface area (Å²) in [5.41, 5.74) is 3.68. The van der Waals surface area contributed by atoms with E-state index in [4.69, 9.17) is 4.74 Å². The average Bonchev–Trinajstić information content (AvgIpc) is 2.67. The first-order valence-corrected chi connectivity index (χ1v) is 9.37. The highest BCUT2D eigenvalue weighted by atomic mass is 79.9. The minimum Gasteiger partial charge on any atom is -0.445 e. The molecule has 0 heterocycles. The van der Waals surface area contributed by atoms with Crippen molar-refractivity contribution < 1.29 is 14.3 Å². The van der Waals surface area contributed by atoms with Gasteiger partial charge in [-0.1, -0.05) is 75.6 Å². The highest BCUT2D eigenvalue weighted by Gasteiger charge is 2.26. The first-order valence-electron chi connectivity index (χ1n) is 8.58. The van der Waals surface area contributed by atoms with Crippen LogP contribution in [-0.4, -0.2) is 11.8 Å². The highest BCUT2D eigenvalue weighted by Crippen LogP contribution is 2.25. The zero-order chi connectivity index (χ0) is 19.4. The van der Waals surface area contributed by atoms with Crippen LogP contribution in [0.4, 0.5) is 0 Å². The van der Waals surface area contributed by atoms with E-state index in [1.54, 1.807) is 36.4 Å². The van der Waals surface area contributed by atoms with E-state index in [2.05, 4.69) is 15.9 Å². The van der Waals surface area contributed by atoms with Crippen molar-refractivity contribution in [2.45, 2.75) is 20.0 Å². The van der Waals surface area contributed by atoms with Crippen LogP contribution in [-0.2, 0) is 4.74 Å².